The molecule has 0 spiro atoms. The van der Waals surface area contributed by atoms with Crippen molar-refractivity contribution in [2.24, 2.45) is 0 Å². The summed E-state index contributed by atoms with van der Waals surface area (Å²) in [6.45, 7) is 3.67. The first-order chi connectivity index (χ1) is 16.1. The molecule has 1 atom stereocenters. The second-order valence-corrected chi connectivity index (χ2v) is 9.37. The monoisotopic (exact) mass is 493 g/mol. The molecule has 34 heavy (non-hydrogen) atoms. The fourth-order valence-corrected chi connectivity index (χ4v) is 4.97. The molecule has 2 aliphatic heterocycles. The zero-order valence-corrected chi connectivity index (χ0v) is 19.7. The lowest BCUT2D eigenvalue weighted by molar-refractivity contribution is -0.138. The average Bonchev–Trinajstić information content (AvgIpc) is 2.79. The molecule has 0 aromatic heterocycles. The first kappa shape index (κ1) is 24.5. The third kappa shape index (κ3) is 5.55. The molecule has 5 nitrogen and oxygen atoms in total. The topological polar surface area (TPSA) is 52.7 Å². The molecule has 2 aromatic rings. The van der Waals surface area contributed by atoms with E-state index < -0.39 is 17.8 Å². The fourth-order valence-electron chi connectivity index (χ4n) is 4.73. The van der Waals surface area contributed by atoms with E-state index >= 15 is 0 Å². The SMILES string of the molecule is CC(=O)N1CCCC[C@@H]1C(=O)Nc1ccc(CN2CCc3ccc(C(F)(F)F)cc3C2)c(Cl)c1. The van der Waals surface area contributed by atoms with Crippen LogP contribution in [0.1, 0.15) is 48.4 Å². The molecule has 0 bridgehead atoms. The number of halogens is 4. The number of fused-ring (bicyclic) bond motifs is 1. The van der Waals surface area contributed by atoms with Gasteiger partial charge in [0, 0.05) is 43.8 Å². The quantitative estimate of drug-likeness (QED) is 0.632. The van der Waals surface area contributed by atoms with Crippen LogP contribution >= 0.6 is 11.6 Å². The molecular formula is C25H27ClF3N3O2. The van der Waals surface area contributed by atoms with Crippen LogP contribution in [0.2, 0.25) is 5.02 Å². The molecule has 2 heterocycles. The first-order valence-corrected chi connectivity index (χ1v) is 11.8. The minimum Gasteiger partial charge on any atom is -0.331 e. The molecule has 4 rings (SSSR count). The normalized spacial score (nSPS) is 19.0. The highest BCUT2D eigenvalue weighted by atomic mass is 35.5. The number of hydrogen-bond acceptors (Lipinski definition) is 3. The summed E-state index contributed by atoms with van der Waals surface area (Å²) in [5.74, 6) is -0.342. The van der Waals surface area contributed by atoms with Gasteiger partial charge in [0.25, 0.3) is 0 Å². The van der Waals surface area contributed by atoms with E-state index in [2.05, 4.69) is 10.2 Å². The van der Waals surface area contributed by atoms with Crippen molar-refractivity contribution in [2.45, 2.75) is 57.9 Å². The van der Waals surface area contributed by atoms with Gasteiger partial charge >= 0.3 is 6.18 Å². The van der Waals surface area contributed by atoms with Crippen molar-refractivity contribution in [3.63, 3.8) is 0 Å². The molecule has 0 saturated carbocycles. The van der Waals surface area contributed by atoms with Crippen molar-refractivity contribution in [3.05, 3.63) is 63.7 Å². The van der Waals surface area contributed by atoms with Crippen LogP contribution in [0.3, 0.4) is 0 Å². The molecule has 0 radical (unpaired) electrons. The van der Waals surface area contributed by atoms with E-state index in [-0.39, 0.29) is 11.8 Å². The number of likely N-dealkylation sites (tertiary alicyclic amines) is 1. The van der Waals surface area contributed by atoms with Crippen LogP contribution in [0.5, 0.6) is 0 Å². The maximum absolute atomic E-state index is 13.1. The van der Waals surface area contributed by atoms with Gasteiger partial charge in [-0.15, -0.1) is 0 Å². The Bertz CT molecular complexity index is 1090. The van der Waals surface area contributed by atoms with Gasteiger partial charge in [-0.1, -0.05) is 23.7 Å². The number of alkyl halides is 3. The molecule has 1 saturated heterocycles. The molecular weight excluding hydrogens is 467 g/mol. The highest BCUT2D eigenvalue weighted by Crippen LogP contribution is 2.33. The lowest BCUT2D eigenvalue weighted by atomic mass is 9.97. The van der Waals surface area contributed by atoms with Gasteiger partial charge in [-0.25, -0.2) is 0 Å². The molecule has 2 amide bonds. The Morgan fingerprint density at radius 2 is 1.88 bits per heavy atom. The number of anilines is 1. The van der Waals surface area contributed by atoms with Crippen molar-refractivity contribution < 1.29 is 22.8 Å². The average molecular weight is 494 g/mol. The molecule has 2 aliphatic rings. The third-order valence-corrected chi connectivity index (χ3v) is 6.90. The summed E-state index contributed by atoms with van der Waals surface area (Å²) in [6, 6.07) is 8.72. The predicted molar refractivity (Wildman–Crippen MR) is 124 cm³/mol. The number of piperidine rings is 1. The molecule has 182 valence electrons. The Labute approximate surface area is 201 Å². The van der Waals surface area contributed by atoms with E-state index in [4.69, 9.17) is 11.6 Å². The Hall–Kier alpha value is -2.58. The molecule has 9 heteroatoms. The number of carbonyl (C=O) groups excluding carboxylic acids is 2. The summed E-state index contributed by atoms with van der Waals surface area (Å²) >= 11 is 6.49. The largest absolute Gasteiger partial charge is 0.416 e. The molecule has 1 fully saturated rings. The Morgan fingerprint density at radius 3 is 2.59 bits per heavy atom. The highest BCUT2D eigenvalue weighted by molar-refractivity contribution is 6.31. The van der Waals surface area contributed by atoms with Gasteiger partial charge in [0.05, 0.1) is 5.56 Å². The van der Waals surface area contributed by atoms with Crippen LogP contribution in [0.15, 0.2) is 36.4 Å². The number of nitrogens with one attached hydrogen (secondary N) is 1. The summed E-state index contributed by atoms with van der Waals surface area (Å²) in [5.41, 5.74) is 2.37. The predicted octanol–water partition coefficient (Wildman–Crippen LogP) is 5.26. The fraction of sp³-hybridized carbons (Fsp3) is 0.440. The van der Waals surface area contributed by atoms with Crippen molar-refractivity contribution >= 4 is 29.1 Å². The van der Waals surface area contributed by atoms with Gasteiger partial charge in [0.15, 0.2) is 0 Å². The zero-order valence-electron chi connectivity index (χ0n) is 18.9. The first-order valence-electron chi connectivity index (χ1n) is 11.4. The highest BCUT2D eigenvalue weighted by Gasteiger charge is 2.32. The Kier molecular flexibility index (Phi) is 7.19. The van der Waals surface area contributed by atoms with Crippen LogP contribution in [0, 0.1) is 0 Å². The number of amides is 2. The number of benzene rings is 2. The van der Waals surface area contributed by atoms with E-state index in [0.29, 0.717) is 48.7 Å². The van der Waals surface area contributed by atoms with Crippen LogP contribution in [-0.2, 0) is 35.3 Å². The molecule has 1 N–H and O–H groups in total. The van der Waals surface area contributed by atoms with Gasteiger partial charge in [-0.05, 0) is 66.6 Å². The van der Waals surface area contributed by atoms with Gasteiger partial charge in [0.2, 0.25) is 11.8 Å². The van der Waals surface area contributed by atoms with E-state index in [9.17, 15) is 22.8 Å². The van der Waals surface area contributed by atoms with Gasteiger partial charge in [0.1, 0.15) is 6.04 Å². The van der Waals surface area contributed by atoms with Crippen molar-refractivity contribution in [3.8, 4) is 0 Å². The number of hydrogen-bond donors (Lipinski definition) is 1. The summed E-state index contributed by atoms with van der Waals surface area (Å²) in [4.78, 5) is 28.3. The standard InChI is InChI=1S/C25H27ClF3N3O2/c1-16(33)32-10-3-2-4-23(32)24(34)30-21-8-6-18(22(26)13-21)14-31-11-9-17-5-7-20(25(27,28)29)12-19(17)15-31/h5-8,12-13,23H,2-4,9-11,14-15H2,1H3,(H,30,34)/t23-/m1/s1. The molecule has 0 aliphatic carbocycles. The van der Waals surface area contributed by atoms with Crippen LogP contribution in [-0.4, -0.2) is 40.7 Å². The second-order valence-electron chi connectivity index (χ2n) is 8.96. The van der Waals surface area contributed by atoms with Crippen LogP contribution in [0.4, 0.5) is 18.9 Å². The molecule has 2 aromatic carbocycles. The number of rotatable bonds is 4. The number of carbonyl (C=O) groups is 2. The van der Waals surface area contributed by atoms with Crippen molar-refractivity contribution in [2.75, 3.05) is 18.4 Å². The minimum absolute atomic E-state index is 0.112. The smallest absolute Gasteiger partial charge is 0.331 e. The van der Waals surface area contributed by atoms with Crippen molar-refractivity contribution in [1.82, 2.24) is 9.80 Å². The van der Waals surface area contributed by atoms with Crippen molar-refractivity contribution in [1.29, 1.82) is 0 Å². The number of nitrogens with zero attached hydrogens (tertiary/aromatic N) is 2. The lowest BCUT2D eigenvalue weighted by Gasteiger charge is -2.34. The van der Waals surface area contributed by atoms with Crippen LogP contribution < -0.4 is 5.32 Å². The maximum Gasteiger partial charge on any atom is 0.416 e. The third-order valence-electron chi connectivity index (χ3n) is 6.55. The van der Waals surface area contributed by atoms with Crippen LogP contribution in [0.25, 0.3) is 0 Å². The van der Waals surface area contributed by atoms with Gasteiger partial charge in [-0.3, -0.25) is 14.5 Å². The lowest BCUT2D eigenvalue weighted by Crippen LogP contribution is -2.49. The summed E-state index contributed by atoms with van der Waals surface area (Å²) in [5, 5.41) is 3.34. The zero-order chi connectivity index (χ0) is 24.5. The van der Waals surface area contributed by atoms with E-state index in [1.807, 2.05) is 6.07 Å². The summed E-state index contributed by atoms with van der Waals surface area (Å²) in [6.07, 6.45) is -1.27. The second kappa shape index (κ2) is 9.96. The van der Waals surface area contributed by atoms with Gasteiger partial charge in [-0.2, -0.15) is 13.2 Å². The summed E-state index contributed by atoms with van der Waals surface area (Å²) < 4.78 is 39.2. The molecule has 0 unspecified atom stereocenters. The van der Waals surface area contributed by atoms with E-state index in [1.165, 1.54) is 13.0 Å². The Balaban J connectivity index is 1.41. The minimum atomic E-state index is -4.36. The van der Waals surface area contributed by atoms with Gasteiger partial charge < -0.3 is 10.2 Å². The summed E-state index contributed by atoms with van der Waals surface area (Å²) in [7, 11) is 0. The van der Waals surface area contributed by atoms with E-state index in [1.54, 1.807) is 23.1 Å². The maximum atomic E-state index is 13.1. The Morgan fingerprint density at radius 1 is 1.09 bits per heavy atom. The van der Waals surface area contributed by atoms with E-state index in [0.717, 1.165) is 36.6 Å².